The highest BCUT2D eigenvalue weighted by atomic mass is 35.5. The summed E-state index contributed by atoms with van der Waals surface area (Å²) in [5.74, 6) is 0.328. The molecule has 0 aliphatic carbocycles. The zero-order valence-corrected chi connectivity index (χ0v) is 16.9. The third-order valence-electron chi connectivity index (χ3n) is 4.02. The Labute approximate surface area is 168 Å². The Bertz CT molecular complexity index is 831. The highest BCUT2D eigenvalue weighted by Gasteiger charge is 2.20. The lowest BCUT2D eigenvalue weighted by Gasteiger charge is -2.16. The summed E-state index contributed by atoms with van der Waals surface area (Å²) in [5, 5.41) is 6.01. The molecule has 0 spiro atoms. The number of hydrogen-bond acceptors (Lipinski definition) is 5. The van der Waals surface area contributed by atoms with E-state index in [9.17, 15) is 9.59 Å². The fraction of sp³-hybridized carbons (Fsp3) is 0.300. The fourth-order valence-electron chi connectivity index (χ4n) is 2.55. The zero-order chi connectivity index (χ0) is 20.7. The molecule has 2 amide bonds. The summed E-state index contributed by atoms with van der Waals surface area (Å²) < 4.78 is 15.7. The van der Waals surface area contributed by atoms with Gasteiger partial charge in [0.05, 0.1) is 21.3 Å². The van der Waals surface area contributed by atoms with E-state index in [1.54, 1.807) is 25.1 Å². The van der Waals surface area contributed by atoms with Crippen LogP contribution in [0.5, 0.6) is 17.2 Å². The van der Waals surface area contributed by atoms with Crippen molar-refractivity contribution in [3.8, 4) is 17.2 Å². The van der Waals surface area contributed by atoms with E-state index in [0.717, 1.165) is 5.56 Å². The van der Waals surface area contributed by atoms with Crippen LogP contribution in [0.3, 0.4) is 0 Å². The van der Waals surface area contributed by atoms with Gasteiger partial charge in [-0.05, 0) is 36.8 Å². The molecule has 1 atom stereocenters. The maximum atomic E-state index is 12.6. The van der Waals surface area contributed by atoms with Crippen molar-refractivity contribution in [3.63, 3.8) is 0 Å². The van der Waals surface area contributed by atoms with Crippen molar-refractivity contribution in [2.24, 2.45) is 0 Å². The lowest BCUT2D eigenvalue weighted by atomic mass is 10.1. The Kier molecular flexibility index (Phi) is 7.52. The Morgan fingerprint density at radius 1 is 1.04 bits per heavy atom. The number of carbonyl (C=O) groups excluding carboxylic acids is 2. The number of amides is 2. The van der Waals surface area contributed by atoms with Crippen LogP contribution >= 0.6 is 11.6 Å². The number of rotatable bonds is 8. The molecule has 2 N–H and O–H groups in total. The number of hydrogen-bond donors (Lipinski definition) is 2. The number of carbonyl (C=O) groups is 2. The van der Waals surface area contributed by atoms with Crippen molar-refractivity contribution < 1.29 is 23.8 Å². The quantitative estimate of drug-likeness (QED) is 0.704. The second kappa shape index (κ2) is 9.85. The summed E-state index contributed by atoms with van der Waals surface area (Å²) in [7, 11) is 4.40. The van der Waals surface area contributed by atoms with Crippen LogP contribution in [0.2, 0.25) is 5.02 Å². The van der Waals surface area contributed by atoms with Gasteiger partial charge in [0, 0.05) is 17.1 Å². The summed E-state index contributed by atoms with van der Waals surface area (Å²) in [6.07, 6.45) is 0. The Morgan fingerprint density at radius 3 is 2.21 bits per heavy atom. The van der Waals surface area contributed by atoms with Gasteiger partial charge in [-0.15, -0.1) is 0 Å². The first-order chi connectivity index (χ1) is 13.4. The van der Waals surface area contributed by atoms with Crippen LogP contribution in [0.15, 0.2) is 36.4 Å². The molecule has 0 radical (unpaired) electrons. The number of nitrogens with one attached hydrogen (secondary N) is 2. The largest absolute Gasteiger partial charge is 0.493 e. The minimum atomic E-state index is -0.745. The standard InChI is InChI=1S/C20H23ClN2O5/c1-12(19(24)22-11-13-6-5-7-15(21)8-13)23-20(25)14-9-16(26-2)18(28-4)17(10-14)27-3/h5-10,12H,11H2,1-4H3,(H,22,24)(H,23,25)/t12-/m0/s1. The van der Waals surface area contributed by atoms with Gasteiger partial charge in [0.2, 0.25) is 11.7 Å². The van der Waals surface area contributed by atoms with Crippen LogP contribution in [0, 0.1) is 0 Å². The molecule has 28 heavy (non-hydrogen) atoms. The van der Waals surface area contributed by atoms with E-state index in [1.807, 2.05) is 6.07 Å². The summed E-state index contributed by atoms with van der Waals surface area (Å²) in [6.45, 7) is 1.91. The molecule has 0 bridgehead atoms. The van der Waals surface area contributed by atoms with E-state index in [1.165, 1.54) is 33.5 Å². The van der Waals surface area contributed by atoms with Gasteiger partial charge in [0.25, 0.3) is 5.91 Å². The Morgan fingerprint density at radius 2 is 1.68 bits per heavy atom. The summed E-state index contributed by atoms with van der Waals surface area (Å²) in [6, 6.07) is 9.48. The van der Waals surface area contributed by atoms with Gasteiger partial charge >= 0.3 is 0 Å². The molecule has 0 aliphatic heterocycles. The van der Waals surface area contributed by atoms with Crippen LogP contribution in [-0.4, -0.2) is 39.2 Å². The van der Waals surface area contributed by atoms with Gasteiger partial charge in [0.1, 0.15) is 6.04 Å². The minimum absolute atomic E-state index is 0.281. The van der Waals surface area contributed by atoms with E-state index in [0.29, 0.717) is 28.8 Å². The predicted molar refractivity (Wildman–Crippen MR) is 106 cm³/mol. The maximum Gasteiger partial charge on any atom is 0.252 e. The van der Waals surface area contributed by atoms with Crippen molar-refractivity contribution in [3.05, 3.63) is 52.5 Å². The first kappa shape index (κ1) is 21.4. The third-order valence-corrected chi connectivity index (χ3v) is 4.26. The van der Waals surface area contributed by atoms with Gasteiger partial charge in [-0.2, -0.15) is 0 Å². The zero-order valence-electron chi connectivity index (χ0n) is 16.2. The van der Waals surface area contributed by atoms with Gasteiger partial charge in [-0.3, -0.25) is 9.59 Å². The van der Waals surface area contributed by atoms with E-state index in [4.69, 9.17) is 25.8 Å². The lowest BCUT2D eigenvalue weighted by Crippen LogP contribution is -2.44. The van der Waals surface area contributed by atoms with Crippen LogP contribution in [0.25, 0.3) is 0 Å². The van der Waals surface area contributed by atoms with Crippen molar-refractivity contribution >= 4 is 23.4 Å². The highest BCUT2D eigenvalue weighted by Crippen LogP contribution is 2.38. The molecular weight excluding hydrogens is 384 g/mol. The lowest BCUT2D eigenvalue weighted by molar-refractivity contribution is -0.122. The van der Waals surface area contributed by atoms with Crippen LogP contribution < -0.4 is 24.8 Å². The molecule has 2 aromatic rings. The smallest absolute Gasteiger partial charge is 0.252 e. The maximum absolute atomic E-state index is 12.6. The molecule has 2 aromatic carbocycles. The van der Waals surface area contributed by atoms with Crippen molar-refractivity contribution in [2.45, 2.75) is 19.5 Å². The summed E-state index contributed by atoms with van der Waals surface area (Å²) >= 11 is 5.93. The normalized spacial score (nSPS) is 11.3. The topological polar surface area (TPSA) is 85.9 Å². The first-order valence-electron chi connectivity index (χ1n) is 8.52. The third kappa shape index (κ3) is 5.29. The monoisotopic (exact) mass is 406 g/mol. The molecule has 0 aromatic heterocycles. The van der Waals surface area contributed by atoms with Crippen molar-refractivity contribution in [1.29, 1.82) is 0 Å². The summed E-state index contributed by atoms with van der Waals surface area (Å²) in [4.78, 5) is 24.8. The molecule has 2 rings (SSSR count). The molecule has 7 nitrogen and oxygen atoms in total. The average Bonchev–Trinajstić information content (AvgIpc) is 2.70. The average molecular weight is 407 g/mol. The highest BCUT2D eigenvalue weighted by molar-refractivity contribution is 6.30. The van der Waals surface area contributed by atoms with Crippen molar-refractivity contribution in [2.75, 3.05) is 21.3 Å². The van der Waals surface area contributed by atoms with Gasteiger partial charge in [-0.25, -0.2) is 0 Å². The molecule has 0 saturated carbocycles. The van der Waals surface area contributed by atoms with Gasteiger partial charge in [0.15, 0.2) is 11.5 Å². The number of methoxy groups -OCH3 is 3. The molecule has 8 heteroatoms. The molecule has 0 unspecified atom stereocenters. The van der Waals surface area contributed by atoms with E-state index < -0.39 is 11.9 Å². The SMILES string of the molecule is COc1cc(C(=O)N[C@@H](C)C(=O)NCc2cccc(Cl)c2)cc(OC)c1OC. The molecule has 0 fully saturated rings. The molecular formula is C20H23ClN2O5. The van der Waals surface area contributed by atoms with Crippen LogP contribution in [0.1, 0.15) is 22.8 Å². The van der Waals surface area contributed by atoms with Crippen molar-refractivity contribution in [1.82, 2.24) is 10.6 Å². The van der Waals surface area contributed by atoms with E-state index in [-0.39, 0.29) is 11.5 Å². The Balaban J connectivity index is 2.04. The number of benzene rings is 2. The second-order valence-corrected chi connectivity index (χ2v) is 6.39. The van der Waals surface area contributed by atoms with Crippen LogP contribution in [-0.2, 0) is 11.3 Å². The van der Waals surface area contributed by atoms with Crippen LogP contribution in [0.4, 0.5) is 0 Å². The fourth-order valence-corrected chi connectivity index (χ4v) is 2.76. The van der Waals surface area contributed by atoms with E-state index in [2.05, 4.69) is 10.6 Å². The minimum Gasteiger partial charge on any atom is -0.493 e. The first-order valence-corrected chi connectivity index (χ1v) is 8.90. The predicted octanol–water partition coefficient (Wildman–Crippen LogP) is 2.80. The van der Waals surface area contributed by atoms with E-state index >= 15 is 0 Å². The number of halogens is 1. The van der Waals surface area contributed by atoms with Gasteiger partial charge < -0.3 is 24.8 Å². The second-order valence-electron chi connectivity index (χ2n) is 5.96. The molecule has 150 valence electrons. The Hall–Kier alpha value is -2.93. The van der Waals surface area contributed by atoms with Gasteiger partial charge in [-0.1, -0.05) is 23.7 Å². The molecule has 0 heterocycles. The molecule has 0 aliphatic rings. The molecule has 0 saturated heterocycles. The summed E-state index contributed by atoms with van der Waals surface area (Å²) in [5.41, 5.74) is 1.15. The number of ether oxygens (including phenoxy) is 3.